The van der Waals surface area contributed by atoms with E-state index in [9.17, 15) is 9.59 Å². The Bertz CT molecular complexity index is 403. The number of hydrogen-bond acceptors (Lipinski definition) is 3. The normalized spacial score (nSPS) is 13.9. The molecule has 2 unspecified atom stereocenters. The maximum absolute atomic E-state index is 12.3. The van der Waals surface area contributed by atoms with Crippen LogP contribution in [0.4, 0.5) is 0 Å². The number of amides is 1. The van der Waals surface area contributed by atoms with Crippen molar-refractivity contribution < 1.29 is 14.7 Å². The zero-order valence-corrected chi connectivity index (χ0v) is 10.9. The summed E-state index contributed by atoms with van der Waals surface area (Å²) in [6.07, 6.45) is 4.00. The highest BCUT2D eigenvalue weighted by molar-refractivity contribution is 5.84. The lowest BCUT2D eigenvalue weighted by Gasteiger charge is -2.29. The minimum atomic E-state index is -1.00. The molecule has 0 aliphatic carbocycles. The van der Waals surface area contributed by atoms with E-state index in [4.69, 9.17) is 5.11 Å². The van der Waals surface area contributed by atoms with Crippen molar-refractivity contribution in [2.75, 3.05) is 6.54 Å². The van der Waals surface area contributed by atoms with E-state index < -0.39 is 12.0 Å². The van der Waals surface area contributed by atoms with Crippen LogP contribution in [0.2, 0.25) is 0 Å². The third-order valence-electron chi connectivity index (χ3n) is 2.99. The fraction of sp³-hybridized carbons (Fsp3) is 0.583. The molecule has 1 aromatic heterocycles. The first kappa shape index (κ1) is 14.2. The van der Waals surface area contributed by atoms with E-state index in [0.29, 0.717) is 6.42 Å². The number of carboxylic acids is 1. The molecule has 0 saturated carbocycles. The Kier molecular flexibility index (Phi) is 4.88. The fourth-order valence-corrected chi connectivity index (χ4v) is 1.68. The van der Waals surface area contributed by atoms with Gasteiger partial charge in [-0.1, -0.05) is 6.92 Å². The summed E-state index contributed by atoms with van der Waals surface area (Å²) in [4.78, 5) is 24.5. The van der Waals surface area contributed by atoms with Gasteiger partial charge in [0.25, 0.3) is 0 Å². The molecule has 0 aliphatic rings. The van der Waals surface area contributed by atoms with Crippen LogP contribution in [0.25, 0.3) is 0 Å². The van der Waals surface area contributed by atoms with Gasteiger partial charge in [-0.2, -0.15) is 5.10 Å². The molecule has 0 fully saturated rings. The van der Waals surface area contributed by atoms with Crippen molar-refractivity contribution in [3.05, 3.63) is 18.5 Å². The minimum Gasteiger partial charge on any atom is -0.480 e. The maximum atomic E-state index is 12.3. The van der Waals surface area contributed by atoms with Crippen molar-refractivity contribution in [3.63, 3.8) is 0 Å². The van der Waals surface area contributed by atoms with Gasteiger partial charge in [-0.25, -0.2) is 0 Å². The summed E-state index contributed by atoms with van der Waals surface area (Å²) in [7, 11) is 0. The first-order chi connectivity index (χ1) is 8.47. The van der Waals surface area contributed by atoms with Crippen LogP contribution in [0.1, 0.15) is 33.2 Å². The SMILES string of the molecule is CCC(C)N(CC(=O)O)C(=O)C(C)n1cccn1. The van der Waals surface area contributed by atoms with Gasteiger partial charge in [0, 0.05) is 18.4 Å². The monoisotopic (exact) mass is 253 g/mol. The molecular formula is C12H19N3O3. The largest absolute Gasteiger partial charge is 0.480 e. The lowest BCUT2D eigenvalue weighted by atomic mass is 10.2. The molecule has 100 valence electrons. The minimum absolute atomic E-state index is 0.105. The van der Waals surface area contributed by atoms with Crippen LogP contribution in [0, 0.1) is 0 Å². The third kappa shape index (κ3) is 3.32. The summed E-state index contributed by atoms with van der Waals surface area (Å²) in [5, 5.41) is 12.9. The Morgan fingerprint density at radius 1 is 1.44 bits per heavy atom. The molecule has 0 spiro atoms. The number of rotatable bonds is 6. The number of aliphatic carboxylic acids is 1. The molecule has 0 radical (unpaired) electrons. The van der Waals surface area contributed by atoms with Gasteiger partial charge in [0.15, 0.2) is 0 Å². The smallest absolute Gasteiger partial charge is 0.323 e. The Hall–Kier alpha value is -1.85. The summed E-state index contributed by atoms with van der Waals surface area (Å²) in [5.41, 5.74) is 0. The van der Waals surface area contributed by atoms with E-state index in [1.165, 1.54) is 9.58 Å². The second kappa shape index (κ2) is 6.18. The van der Waals surface area contributed by atoms with Crippen molar-refractivity contribution in [2.45, 2.75) is 39.3 Å². The van der Waals surface area contributed by atoms with Crippen LogP contribution >= 0.6 is 0 Å². The lowest BCUT2D eigenvalue weighted by Crippen LogP contribution is -2.44. The van der Waals surface area contributed by atoms with Gasteiger partial charge in [-0.05, 0) is 26.3 Å². The number of aromatic nitrogens is 2. The molecule has 2 atom stereocenters. The van der Waals surface area contributed by atoms with Crippen molar-refractivity contribution >= 4 is 11.9 Å². The van der Waals surface area contributed by atoms with Gasteiger partial charge in [0.05, 0.1) is 0 Å². The number of nitrogens with zero attached hydrogens (tertiary/aromatic N) is 3. The van der Waals surface area contributed by atoms with Gasteiger partial charge in [-0.3, -0.25) is 14.3 Å². The van der Waals surface area contributed by atoms with Crippen LogP contribution < -0.4 is 0 Å². The molecule has 0 bridgehead atoms. The van der Waals surface area contributed by atoms with Crippen LogP contribution in [-0.4, -0.2) is 44.3 Å². The number of carbonyl (C=O) groups excluding carboxylic acids is 1. The topological polar surface area (TPSA) is 75.4 Å². The number of carboxylic acid groups (broad SMARTS) is 1. The van der Waals surface area contributed by atoms with E-state index in [0.717, 1.165) is 0 Å². The van der Waals surface area contributed by atoms with Gasteiger partial charge >= 0.3 is 5.97 Å². The van der Waals surface area contributed by atoms with Gasteiger partial charge < -0.3 is 10.0 Å². The molecule has 1 aromatic rings. The predicted molar refractivity (Wildman–Crippen MR) is 66.0 cm³/mol. The molecule has 1 heterocycles. The third-order valence-corrected chi connectivity index (χ3v) is 2.99. The first-order valence-electron chi connectivity index (χ1n) is 5.98. The summed E-state index contributed by atoms with van der Waals surface area (Å²) in [5.74, 6) is -1.23. The fourth-order valence-electron chi connectivity index (χ4n) is 1.68. The van der Waals surface area contributed by atoms with E-state index in [-0.39, 0.29) is 18.5 Å². The van der Waals surface area contributed by atoms with E-state index in [1.54, 1.807) is 25.4 Å². The van der Waals surface area contributed by atoms with Crippen molar-refractivity contribution in [3.8, 4) is 0 Å². The highest BCUT2D eigenvalue weighted by Gasteiger charge is 2.27. The second-order valence-corrected chi connectivity index (χ2v) is 4.28. The zero-order valence-electron chi connectivity index (χ0n) is 10.9. The zero-order chi connectivity index (χ0) is 13.7. The molecule has 6 nitrogen and oxygen atoms in total. The molecule has 0 saturated heterocycles. The van der Waals surface area contributed by atoms with E-state index >= 15 is 0 Å². The van der Waals surface area contributed by atoms with Crippen molar-refractivity contribution in [1.29, 1.82) is 0 Å². The second-order valence-electron chi connectivity index (χ2n) is 4.28. The van der Waals surface area contributed by atoms with Crippen LogP contribution in [-0.2, 0) is 9.59 Å². The molecule has 18 heavy (non-hydrogen) atoms. The van der Waals surface area contributed by atoms with Gasteiger partial charge in [0.2, 0.25) is 5.91 Å². The Morgan fingerprint density at radius 2 is 2.11 bits per heavy atom. The summed E-state index contributed by atoms with van der Waals surface area (Å²) < 4.78 is 1.53. The quantitative estimate of drug-likeness (QED) is 0.825. The Morgan fingerprint density at radius 3 is 2.56 bits per heavy atom. The Labute approximate surface area is 106 Å². The van der Waals surface area contributed by atoms with E-state index in [2.05, 4.69) is 5.10 Å². The van der Waals surface area contributed by atoms with Crippen LogP contribution in [0.15, 0.2) is 18.5 Å². The first-order valence-corrected chi connectivity index (χ1v) is 5.98. The molecule has 1 amide bonds. The molecular weight excluding hydrogens is 234 g/mol. The summed E-state index contributed by atoms with van der Waals surface area (Å²) in [6.45, 7) is 5.20. The van der Waals surface area contributed by atoms with Crippen LogP contribution in [0.5, 0.6) is 0 Å². The molecule has 6 heteroatoms. The Balaban J connectivity index is 2.84. The summed E-state index contributed by atoms with van der Waals surface area (Å²) in [6, 6.07) is 1.13. The molecule has 0 aliphatic heterocycles. The lowest BCUT2D eigenvalue weighted by molar-refractivity contribution is -0.147. The highest BCUT2D eigenvalue weighted by Crippen LogP contribution is 2.13. The number of carbonyl (C=O) groups is 2. The highest BCUT2D eigenvalue weighted by atomic mass is 16.4. The number of hydrogen-bond donors (Lipinski definition) is 1. The van der Waals surface area contributed by atoms with Crippen LogP contribution in [0.3, 0.4) is 0 Å². The van der Waals surface area contributed by atoms with Gasteiger partial charge in [0.1, 0.15) is 12.6 Å². The standard InChI is InChI=1S/C12H19N3O3/c1-4-9(2)14(8-11(16)17)12(18)10(3)15-7-5-6-13-15/h5-7,9-10H,4,8H2,1-3H3,(H,16,17). The van der Waals surface area contributed by atoms with Gasteiger partial charge in [-0.15, -0.1) is 0 Å². The van der Waals surface area contributed by atoms with E-state index in [1.807, 2.05) is 13.8 Å². The summed E-state index contributed by atoms with van der Waals surface area (Å²) >= 11 is 0. The average molecular weight is 253 g/mol. The van der Waals surface area contributed by atoms with Crippen molar-refractivity contribution in [2.24, 2.45) is 0 Å². The van der Waals surface area contributed by atoms with Crippen molar-refractivity contribution in [1.82, 2.24) is 14.7 Å². The average Bonchev–Trinajstić information content (AvgIpc) is 2.86. The molecule has 1 rings (SSSR count). The molecule has 1 N–H and O–H groups in total. The predicted octanol–water partition coefficient (Wildman–Crippen LogP) is 1.16. The maximum Gasteiger partial charge on any atom is 0.323 e. The molecule has 0 aromatic carbocycles.